The molecule has 0 saturated carbocycles. The van der Waals surface area contributed by atoms with Crippen LogP contribution in [-0.4, -0.2) is 29.6 Å². The fourth-order valence-corrected chi connectivity index (χ4v) is 1.91. The van der Waals surface area contributed by atoms with Crippen molar-refractivity contribution in [3.05, 3.63) is 12.2 Å². The van der Waals surface area contributed by atoms with Crippen LogP contribution in [0, 0.1) is 0 Å². The third-order valence-electron chi connectivity index (χ3n) is 3.28. The molecule has 0 unspecified atom stereocenters. The highest BCUT2D eigenvalue weighted by Crippen LogP contribution is 2.03. The van der Waals surface area contributed by atoms with Crippen LogP contribution in [0.25, 0.3) is 0 Å². The lowest BCUT2D eigenvalue weighted by atomic mass is 10.1. The number of nitrogens with one attached hydrogen (secondary N) is 1. The third-order valence-corrected chi connectivity index (χ3v) is 3.28. The summed E-state index contributed by atoms with van der Waals surface area (Å²) in [7, 11) is 0. The summed E-state index contributed by atoms with van der Waals surface area (Å²) in [5.41, 5.74) is 5.39. The monoisotopic (exact) mass is 298 g/mol. The molecule has 0 aliphatic rings. The number of carbonyl (C=O) groups excluding carboxylic acids is 1. The van der Waals surface area contributed by atoms with Crippen LogP contribution in [0.1, 0.15) is 64.7 Å². The Morgan fingerprint density at radius 1 is 1.14 bits per heavy atom. The van der Waals surface area contributed by atoms with Gasteiger partial charge in [-0.15, -0.1) is 0 Å². The lowest BCUT2D eigenvalue weighted by Crippen LogP contribution is -2.30. The lowest BCUT2D eigenvalue weighted by molar-refractivity contribution is -0.138. The van der Waals surface area contributed by atoms with Gasteiger partial charge in [-0.2, -0.15) is 0 Å². The summed E-state index contributed by atoms with van der Waals surface area (Å²) in [5.74, 6) is -0.953. The minimum absolute atomic E-state index is 0.0161. The van der Waals surface area contributed by atoms with E-state index in [0.717, 1.165) is 12.8 Å². The molecule has 0 aromatic carbocycles. The van der Waals surface area contributed by atoms with E-state index in [9.17, 15) is 9.59 Å². The maximum Gasteiger partial charge on any atom is 0.320 e. The van der Waals surface area contributed by atoms with Gasteiger partial charge in [0.1, 0.15) is 6.04 Å². The molecule has 0 spiro atoms. The minimum Gasteiger partial charge on any atom is -0.480 e. The first-order chi connectivity index (χ1) is 10.1. The molecule has 21 heavy (non-hydrogen) atoms. The van der Waals surface area contributed by atoms with E-state index in [1.54, 1.807) is 0 Å². The van der Waals surface area contributed by atoms with Crippen molar-refractivity contribution in [1.29, 1.82) is 0 Å². The first-order valence-corrected chi connectivity index (χ1v) is 7.98. The number of unbranched alkanes of at least 4 members (excludes halogenated alkanes) is 5. The van der Waals surface area contributed by atoms with Crippen molar-refractivity contribution in [1.82, 2.24) is 5.32 Å². The fraction of sp³-hybridized carbons (Fsp3) is 0.750. The standard InChI is InChI=1S/C16H30N2O3/c1-2-3-4-5-6-7-8-12-15(19)18-13-10-9-11-14(17)16(20)21/h7-8,14H,2-6,9-13,17H2,1H3,(H,18,19)(H,20,21)/b8-7+/t14-/m0/s1. The van der Waals surface area contributed by atoms with Crippen molar-refractivity contribution in [3.8, 4) is 0 Å². The minimum atomic E-state index is -0.969. The predicted molar refractivity (Wildman–Crippen MR) is 85.0 cm³/mol. The van der Waals surface area contributed by atoms with E-state index in [1.807, 2.05) is 6.08 Å². The molecule has 5 nitrogen and oxygen atoms in total. The lowest BCUT2D eigenvalue weighted by Gasteiger charge is -2.06. The van der Waals surface area contributed by atoms with Gasteiger partial charge in [-0.1, -0.05) is 38.3 Å². The summed E-state index contributed by atoms with van der Waals surface area (Å²) in [6.45, 7) is 2.77. The largest absolute Gasteiger partial charge is 0.480 e. The molecule has 0 aliphatic heterocycles. The van der Waals surface area contributed by atoms with Crippen LogP contribution in [0.4, 0.5) is 0 Å². The van der Waals surface area contributed by atoms with E-state index in [1.165, 1.54) is 25.7 Å². The van der Waals surface area contributed by atoms with Gasteiger partial charge in [0.2, 0.25) is 5.91 Å². The molecular weight excluding hydrogens is 268 g/mol. The Morgan fingerprint density at radius 3 is 2.57 bits per heavy atom. The Kier molecular flexibility index (Phi) is 12.7. The van der Waals surface area contributed by atoms with Gasteiger partial charge < -0.3 is 16.2 Å². The molecule has 0 heterocycles. The summed E-state index contributed by atoms with van der Waals surface area (Å²) < 4.78 is 0. The number of carboxylic acids is 1. The molecule has 0 rings (SSSR count). The van der Waals surface area contributed by atoms with Gasteiger partial charge in [-0.05, 0) is 32.1 Å². The number of nitrogens with two attached hydrogens (primary N) is 1. The van der Waals surface area contributed by atoms with Crippen LogP contribution >= 0.6 is 0 Å². The molecule has 0 aromatic rings. The van der Waals surface area contributed by atoms with Crippen molar-refractivity contribution in [2.45, 2.75) is 70.8 Å². The molecule has 5 heteroatoms. The molecule has 0 fully saturated rings. The van der Waals surface area contributed by atoms with E-state index in [2.05, 4.69) is 18.3 Å². The van der Waals surface area contributed by atoms with Crippen molar-refractivity contribution in [2.24, 2.45) is 5.73 Å². The molecule has 0 radical (unpaired) electrons. The van der Waals surface area contributed by atoms with E-state index in [4.69, 9.17) is 10.8 Å². The van der Waals surface area contributed by atoms with Crippen LogP contribution in [-0.2, 0) is 9.59 Å². The number of carbonyl (C=O) groups is 2. The van der Waals surface area contributed by atoms with E-state index in [0.29, 0.717) is 25.8 Å². The number of amides is 1. The second-order valence-corrected chi connectivity index (χ2v) is 5.32. The third kappa shape index (κ3) is 13.4. The van der Waals surface area contributed by atoms with Gasteiger partial charge in [-0.25, -0.2) is 0 Å². The molecule has 0 saturated heterocycles. The number of aliphatic carboxylic acids is 1. The Labute approximate surface area is 128 Å². The summed E-state index contributed by atoms with van der Waals surface area (Å²) in [6, 6.07) is -0.795. The molecule has 1 atom stereocenters. The van der Waals surface area contributed by atoms with Crippen molar-refractivity contribution < 1.29 is 14.7 Å². The van der Waals surface area contributed by atoms with Crippen LogP contribution in [0.3, 0.4) is 0 Å². The number of hydrogen-bond donors (Lipinski definition) is 3. The Morgan fingerprint density at radius 2 is 1.90 bits per heavy atom. The zero-order valence-electron chi connectivity index (χ0n) is 13.1. The van der Waals surface area contributed by atoms with Crippen LogP contribution in [0.5, 0.6) is 0 Å². The molecule has 0 bridgehead atoms. The highest BCUT2D eigenvalue weighted by Gasteiger charge is 2.09. The number of rotatable bonds is 13. The Balaban J connectivity index is 3.42. The average molecular weight is 298 g/mol. The Hall–Kier alpha value is -1.36. The first-order valence-electron chi connectivity index (χ1n) is 7.98. The molecule has 0 aromatic heterocycles. The van der Waals surface area contributed by atoms with Crippen molar-refractivity contribution >= 4 is 11.9 Å². The highest BCUT2D eigenvalue weighted by atomic mass is 16.4. The molecular formula is C16H30N2O3. The van der Waals surface area contributed by atoms with Gasteiger partial charge in [0.15, 0.2) is 0 Å². The van der Waals surface area contributed by atoms with Gasteiger partial charge in [-0.3, -0.25) is 9.59 Å². The van der Waals surface area contributed by atoms with E-state index in [-0.39, 0.29) is 5.91 Å². The molecule has 122 valence electrons. The van der Waals surface area contributed by atoms with Crippen molar-refractivity contribution in [2.75, 3.05) is 6.54 Å². The zero-order chi connectivity index (χ0) is 15.9. The fourth-order valence-electron chi connectivity index (χ4n) is 1.91. The number of carboxylic acid groups (broad SMARTS) is 1. The molecule has 4 N–H and O–H groups in total. The van der Waals surface area contributed by atoms with E-state index < -0.39 is 12.0 Å². The maximum absolute atomic E-state index is 11.5. The smallest absolute Gasteiger partial charge is 0.320 e. The summed E-state index contributed by atoms with van der Waals surface area (Å²) in [5, 5.41) is 11.4. The Bertz CT molecular complexity index is 317. The SMILES string of the molecule is CCCCCC/C=C/CC(=O)NCCCC[C@H](N)C(=O)O. The summed E-state index contributed by atoms with van der Waals surface area (Å²) >= 11 is 0. The average Bonchev–Trinajstić information content (AvgIpc) is 2.45. The van der Waals surface area contributed by atoms with Crippen molar-refractivity contribution in [3.63, 3.8) is 0 Å². The van der Waals surface area contributed by atoms with Crippen LogP contribution < -0.4 is 11.1 Å². The number of hydrogen-bond acceptors (Lipinski definition) is 3. The quantitative estimate of drug-likeness (QED) is 0.360. The maximum atomic E-state index is 11.5. The normalized spacial score (nSPS) is 12.5. The van der Waals surface area contributed by atoms with Crippen LogP contribution in [0.15, 0.2) is 12.2 Å². The predicted octanol–water partition coefficient (Wildman–Crippen LogP) is 2.60. The van der Waals surface area contributed by atoms with Gasteiger partial charge in [0.05, 0.1) is 0 Å². The summed E-state index contributed by atoms with van der Waals surface area (Å²) in [6.07, 6.45) is 12.3. The second kappa shape index (κ2) is 13.6. The zero-order valence-corrected chi connectivity index (χ0v) is 13.1. The highest BCUT2D eigenvalue weighted by molar-refractivity contribution is 5.77. The number of allylic oxidation sites excluding steroid dienone is 1. The van der Waals surface area contributed by atoms with E-state index >= 15 is 0 Å². The molecule has 0 aliphatic carbocycles. The van der Waals surface area contributed by atoms with Crippen LogP contribution in [0.2, 0.25) is 0 Å². The van der Waals surface area contributed by atoms with Gasteiger partial charge in [0, 0.05) is 13.0 Å². The molecule has 1 amide bonds. The second-order valence-electron chi connectivity index (χ2n) is 5.32. The van der Waals surface area contributed by atoms with Gasteiger partial charge in [0.25, 0.3) is 0 Å². The topological polar surface area (TPSA) is 92.4 Å². The first kappa shape index (κ1) is 19.6. The van der Waals surface area contributed by atoms with Gasteiger partial charge >= 0.3 is 5.97 Å². The summed E-state index contributed by atoms with van der Waals surface area (Å²) in [4.78, 5) is 22.0.